The Morgan fingerprint density at radius 1 is 1.12 bits per heavy atom. The Balaban J connectivity index is 2.16. The number of halogens is 1. The van der Waals surface area contributed by atoms with Gasteiger partial charge in [0.2, 0.25) is 0 Å². The van der Waals surface area contributed by atoms with E-state index in [2.05, 4.69) is 0 Å². The number of carbonyl (C=O) groups excluding carboxylic acids is 1. The van der Waals surface area contributed by atoms with E-state index >= 15 is 0 Å². The molecule has 0 aliphatic rings. The average Bonchev–Trinajstić information content (AvgIpc) is 2.62. The number of carbonyl (C=O) groups is 2. The minimum atomic E-state index is -1.13. The molecule has 0 aliphatic heterocycles. The molecule has 0 aliphatic carbocycles. The molecule has 26 heavy (non-hydrogen) atoms. The van der Waals surface area contributed by atoms with Gasteiger partial charge in [0.25, 0.3) is 5.91 Å². The van der Waals surface area contributed by atoms with Crippen molar-refractivity contribution < 1.29 is 28.6 Å². The fraction of sp³-hybridized carbons (Fsp3) is 0.263. The molecular formula is C19H20FNO5. The highest BCUT2D eigenvalue weighted by Gasteiger charge is 2.19. The lowest BCUT2D eigenvalue weighted by Gasteiger charge is -2.21. The molecule has 2 rings (SSSR count). The van der Waals surface area contributed by atoms with Crippen molar-refractivity contribution in [3.05, 3.63) is 65.5 Å². The second kappa shape index (κ2) is 9.53. The molecule has 0 aromatic heterocycles. The van der Waals surface area contributed by atoms with Gasteiger partial charge in [0.1, 0.15) is 24.7 Å². The van der Waals surface area contributed by atoms with Crippen molar-refractivity contribution in [1.29, 1.82) is 0 Å². The van der Waals surface area contributed by atoms with Crippen LogP contribution in [0.5, 0.6) is 5.75 Å². The maximum absolute atomic E-state index is 13.0. The Morgan fingerprint density at radius 2 is 1.85 bits per heavy atom. The van der Waals surface area contributed by atoms with Crippen LogP contribution >= 0.6 is 0 Å². The molecule has 0 unspecified atom stereocenters. The van der Waals surface area contributed by atoms with Gasteiger partial charge in [0, 0.05) is 19.2 Å². The molecule has 0 saturated carbocycles. The number of carboxylic acids is 1. The molecule has 0 fully saturated rings. The lowest BCUT2D eigenvalue weighted by Crippen LogP contribution is -2.35. The van der Waals surface area contributed by atoms with E-state index in [-0.39, 0.29) is 6.54 Å². The smallest absolute Gasteiger partial charge is 0.323 e. The van der Waals surface area contributed by atoms with E-state index in [1.807, 2.05) is 0 Å². The highest BCUT2D eigenvalue weighted by Crippen LogP contribution is 2.17. The fourth-order valence-electron chi connectivity index (χ4n) is 2.32. The first kappa shape index (κ1) is 19.4. The summed E-state index contributed by atoms with van der Waals surface area (Å²) in [7, 11) is 1.56. The number of ether oxygens (including phenoxy) is 2. The van der Waals surface area contributed by atoms with E-state index in [9.17, 15) is 14.0 Å². The highest BCUT2D eigenvalue weighted by molar-refractivity contribution is 5.96. The van der Waals surface area contributed by atoms with Crippen LogP contribution in [0.4, 0.5) is 4.39 Å². The van der Waals surface area contributed by atoms with Crippen LogP contribution in [0.3, 0.4) is 0 Å². The number of hydrogen-bond acceptors (Lipinski definition) is 4. The van der Waals surface area contributed by atoms with Gasteiger partial charge in [-0.3, -0.25) is 9.59 Å². The number of benzene rings is 2. The largest absolute Gasteiger partial charge is 0.491 e. The third-order valence-corrected chi connectivity index (χ3v) is 3.54. The minimum Gasteiger partial charge on any atom is -0.491 e. The van der Waals surface area contributed by atoms with Crippen molar-refractivity contribution in [2.24, 2.45) is 0 Å². The molecule has 2 aromatic carbocycles. The summed E-state index contributed by atoms with van der Waals surface area (Å²) >= 11 is 0. The maximum Gasteiger partial charge on any atom is 0.323 e. The third kappa shape index (κ3) is 5.86. The maximum atomic E-state index is 13.0. The summed E-state index contributed by atoms with van der Waals surface area (Å²) in [6.07, 6.45) is 0. The van der Waals surface area contributed by atoms with E-state index in [0.717, 1.165) is 0 Å². The van der Waals surface area contributed by atoms with Gasteiger partial charge in [0.05, 0.1) is 6.61 Å². The van der Waals surface area contributed by atoms with Crippen LogP contribution in [-0.4, -0.2) is 48.8 Å². The SMILES string of the molecule is COCCOc1cccc(C(=O)N(CC(=O)O)Cc2ccc(F)cc2)c1. The van der Waals surface area contributed by atoms with Crippen LogP contribution in [-0.2, 0) is 16.1 Å². The number of nitrogens with zero attached hydrogens (tertiary/aromatic N) is 1. The van der Waals surface area contributed by atoms with Gasteiger partial charge in [-0.2, -0.15) is 0 Å². The van der Waals surface area contributed by atoms with Gasteiger partial charge < -0.3 is 19.5 Å². The first-order valence-corrected chi connectivity index (χ1v) is 7.97. The predicted octanol–water partition coefficient (Wildman–Crippen LogP) is 2.58. The normalized spacial score (nSPS) is 10.4. The second-order valence-electron chi connectivity index (χ2n) is 5.55. The Labute approximate surface area is 150 Å². The topological polar surface area (TPSA) is 76.1 Å². The zero-order valence-corrected chi connectivity index (χ0v) is 14.4. The van der Waals surface area contributed by atoms with Crippen molar-refractivity contribution in [3.8, 4) is 5.75 Å². The van der Waals surface area contributed by atoms with E-state index in [0.29, 0.717) is 30.1 Å². The Kier molecular flexibility index (Phi) is 7.11. The molecule has 0 spiro atoms. The van der Waals surface area contributed by atoms with Crippen molar-refractivity contribution in [3.63, 3.8) is 0 Å². The first-order valence-electron chi connectivity index (χ1n) is 7.97. The van der Waals surface area contributed by atoms with E-state index in [1.165, 1.54) is 29.2 Å². The Hall–Kier alpha value is -2.93. The lowest BCUT2D eigenvalue weighted by molar-refractivity contribution is -0.137. The molecule has 2 aromatic rings. The first-order chi connectivity index (χ1) is 12.5. The summed E-state index contributed by atoms with van der Waals surface area (Å²) < 4.78 is 23.4. The number of amides is 1. The summed E-state index contributed by atoms with van der Waals surface area (Å²) in [5.74, 6) is -1.49. The molecular weight excluding hydrogens is 341 g/mol. The van der Waals surface area contributed by atoms with Crippen molar-refractivity contribution >= 4 is 11.9 Å². The van der Waals surface area contributed by atoms with Crippen LogP contribution in [0.1, 0.15) is 15.9 Å². The lowest BCUT2D eigenvalue weighted by atomic mass is 10.1. The monoisotopic (exact) mass is 361 g/mol. The van der Waals surface area contributed by atoms with Crippen molar-refractivity contribution in [1.82, 2.24) is 4.90 Å². The van der Waals surface area contributed by atoms with Crippen LogP contribution in [0.2, 0.25) is 0 Å². The van der Waals surface area contributed by atoms with Gasteiger partial charge in [-0.1, -0.05) is 18.2 Å². The third-order valence-electron chi connectivity index (χ3n) is 3.54. The standard InChI is InChI=1S/C19H20FNO5/c1-25-9-10-26-17-4-2-3-15(11-17)19(24)21(13-18(22)23)12-14-5-7-16(20)8-6-14/h2-8,11H,9-10,12-13H2,1H3,(H,22,23). The highest BCUT2D eigenvalue weighted by atomic mass is 19.1. The molecule has 0 saturated heterocycles. The van der Waals surface area contributed by atoms with E-state index in [4.69, 9.17) is 14.6 Å². The van der Waals surface area contributed by atoms with Crippen LogP contribution < -0.4 is 4.74 Å². The number of hydrogen-bond donors (Lipinski definition) is 1. The van der Waals surface area contributed by atoms with Gasteiger partial charge in [-0.05, 0) is 35.9 Å². The van der Waals surface area contributed by atoms with E-state index < -0.39 is 24.2 Å². The zero-order chi connectivity index (χ0) is 18.9. The molecule has 0 heterocycles. The van der Waals surface area contributed by atoms with Gasteiger partial charge >= 0.3 is 5.97 Å². The zero-order valence-electron chi connectivity index (χ0n) is 14.4. The molecule has 0 radical (unpaired) electrons. The molecule has 0 atom stereocenters. The molecule has 138 valence electrons. The molecule has 1 N–H and O–H groups in total. The number of rotatable bonds is 9. The minimum absolute atomic E-state index is 0.0557. The quantitative estimate of drug-likeness (QED) is 0.695. The molecule has 6 nitrogen and oxygen atoms in total. The van der Waals surface area contributed by atoms with Crippen LogP contribution in [0.15, 0.2) is 48.5 Å². The summed E-state index contributed by atoms with van der Waals surface area (Å²) in [6, 6.07) is 12.1. The summed E-state index contributed by atoms with van der Waals surface area (Å²) in [4.78, 5) is 25.1. The molecule has 7 heteroatoms. The van der Waals surface area contributed by atoms with Crippen molar-refractivity contribution in [2.45, 2.75) is 6.54 Å². The number of methoxy groups -OCH3 is 1. The van der Waals surface area contributed by atoms with Gasteiger partial charge in [-0.15, -0.1) is 0 Å². The predicted molar refractivity (Wildman–Crippen MR) is 92.6 cm³/mol. The Bertz CT molecular complexity index is 748. The number of aliphatic carboxylic acids is 1. The average molecular weight is 361 g/mol. The Morgan fingerprint density at radius 3 is 2.50 bits per heavy atom. The van der Waals surface area contributed by atoms with Gasteiger partial charge in [-0.25, -0.2) is 4.39 Å². The summed E-state index contributed by atoms with van der Waals surface area (Å²) in [5.41, 5.74) is 0.941. The molecule has 1 amide bonds. The van der Waals surface area contributed by atoms with Gasteiger partial charge in [0.15, 0.2) is 0 Å². The van der Waals surface area contributed by atoms with Crippen molar-refractivity contribution in [2.75, 3.05) is 26.9 Å². The fourth-order valence-corrected chi connectivity index (χ4v) is 2.32. The van der Waals surface area contributed by atoms with E-state index in [1.54, 1.807) is 31.4 Å². The molecule has 0 bridgehead atoms. The van der Waals surface area contributed by atoms with Crippen LogP contribution in [0.25, 0.3) is 0 Å². The summed E-state index contributed by atoms with van der Waals surface area (Å²) in [5, 5.41) is 9.11. The van der Waals surface area contributed by atoms with Crippen LogP contribution in [0, 0.1) is 5.82 Å². The number of carboxylic acid groups (broad SMARTS) is 1. The summed E-state index contributed by atoms with van der Waals surface area (Å²) in [6.45, 7) is 0.335. The second-order valence-corrected chi connectivity index (χ2v) is 5.55.